The van der Waals surface area contributed by atoms with E-state index in [1.54, 1.807) is 0 Å². The van der Waals surface area contributed by atoms with Crippen molar-refractivity contribution in [2.75, 3.05) is 4.90 Å². The van der Waals surface area contributed by atoms with Gasteiger partial charge in [0, 0.05) is 33.4 Å². The molecule has 0 saturated heterocycles. The molecule has 0 saturated carbocycles. The Morgan fingerprint density at radius 3 is 1.31 bits per heavy atom. The second-order valence-corrected chi connectivity index (χ2v) is 14.9. The fourth-order valence-electron chi connectivity index (χ4n) is 9.05. The molecule has 0 bridgehead atoms. The number of aromatic nitrogens is 1. The Morgan fingerprint density at radius 1 is 0.293 bits per heavy atom. The maximum atomic E-state index is 2.42. The molecule has 0 aliphatic heterocycles. The van der Waals surface area contributed by atoms with E-state index >= 15 is 0 Å². The van der Waals surface area contributed by atoms with Crippen LogP contribution < -0.4 is 4.90 Å². The Hall–Kier alpha value is -7.68. The molecule has 0 atom stereocenters. The van der Waals surface area contributed by atoms with Crippen molar-refractivity contribution in [3.8, 4) is 39.1 Å². The average molecular weight is 739 g/mol. The topological polar surface area (TPSA) is 8.17 Å². The van der Waals surface area contributed by atoms with Crippen molar-refractivity contribution in [2.24, 2.45) is 0 Å². The number of nitrogens with zero attached hydrogens (tertiary/aromatic N) is 2. The highest BCUT2D eigenvalue weighted by molar-refractivity contribution is 6.21. The van der Waals surface area contributed by atoms with Crippen molar-refractivity contribution in [3.63, 3.8) is 0 Å². The monoisotopic (exact) mass is 738 g/mol. The van der Waals surface area contributed by atoms with Crippen LogP contribution in [-0.2, 0) is 0 Å². The lowest BCUT2D eigenvalue weighted by Gasteiger charge is -2.27. The molecule has 0 amide bonds. The van der Waals surface area contributed by atoms with Crippen molar-refractivity contribution in [1.82, 2.24) is 4.57 Å². The highest BCUT2D eigenvalue weighted by Gasteiger charge is 2.20. The largest absolute Gasteiger partial charge is 0.310 e. The van der Waals surface area contributed by atoms with Crippen LogP contribution in [-0.4, -0.2) is 4.57 Å². The van der Waals surface area contributed by atoms with Crippen molar-refractivity contribution >= 4 is 60.4 Å². The number of benzene rings is 10. The maximum absolute atomic E-state index is 2.42. The predicted octanol–water partition coefficient (Wildman–Crippen LogP) is 15.6. The van der Waals surface area contributed by atoms with E-state index in [2.05, 4.69) is 240 Å². The van der Waals surface area contributed by atoms with Gasteiger partial charge in [0.2, 0.25) is 0 Å². The molecular weight excluding hydrogens is 701 g/mol. The fraction of sp³-hybridized carbons (Fsp3) is 0. The zero-order valence-corrected chi connectivity index (χ0v) is 31.8. The Labute approximate surface area is 338 Å². The quantitative estimate of drug-likeness (QED) is 0.148. The van der Waals surface area contributed by atoms with E-state index in [9.17, 15) is 0 Å². The summed E-state index contributed by atoms with van der Waals surface area (Å²) in [5, 5.41) is 7.51. The van der Waals surface area contributed by atoms with E-state index in [0.717, 1.165) is 22.7 Å². The minimum Gasteiger partial charge on any atom is -0.310 e. The summed E-state index contributed by atoms with van der Waals surface area (Å²) in [6, 6.07) is 83.5. The Balaban J connectivity index is 1.05. The third-order valence-electron chi connectivity index (χ3n) is 11.6. The normalized spacial score (nSPS) is 11.4. The minimum absolute atomic E-state index is 1.12. The molecule has 10 aromatic carbocycles. The molecule has 0 unspecified atom stereocenters. The van der Waals surface area contributed by atoms with Gasteiger partial charge in [-0.05, 0) is 110 Å². The first-order valence-corrected chi connectivity index (χ1v) is 19.9. The molecule has 2 nitrogen and oxygen atoms in total. The number of hydrogen-bond acceptors (Lipinski definition) is 1. The molecule has 0 fully saturated rings. The lowest BCUT2D eigenvalue weighted by atomic mass is 9.86. The second kappa shape index (κ2) is 14.1. The van der Waals surface area contributed by atoms with Crippen molar-refractivity contribution in [3.05, 3.63) is 231 Å². The molecule has 0 aliphatic carbocycles. The van der Waals surface area contributed by atoms with Crippen LogP contribution in [0.5, 0.6) is 0 Å². The van der Waals surface area contributed by atoms with Gasteiger partial charge < -0.3 is 9.47 Å². The van der Waals surface area contributed by atoms with Crippen LogP contribution in [0, 0.1) is 0 Å². The van der Waals surface area contributed by atoms with Gasteiger partial charge >= 0.3 is 0 Å². The molecule has 2 heteroatoms. The van der Waals surface area contributed by atoms with Crippen LogP contribution in [0.3, 0.4) is 0 Å². The number of hydrogen-bond donors (Lipinski definition) is 0. The summed E-state index contributed by atoms with van der Waals surface area (Å²) < 4.78 is 2.42. The van der Waals surface area contributed by atoms with Crippen molar-refractivity contribution in [2.45, 2.75) is 0 Å². The number of fused-ring (bicyclic) bond motifs is 5. The fourth-order valence-corrected chi connectivity index (χ4v) is 9.05. The summed E-state index contributed by atoms with van der Waals surface area (Å²) >= 11 is 0. The van der Waals surface area contributed by atoms with Gasteiger partial charge in [-0.3, -0.25) is 0 Å². The zero-order chi connectivity index (χ0) is 38.4. The molecule has 0 radical (unpaired) electrons. The van der Waals surface area contributed by atoms with E-state index in [4.69, 9.17) is 0 Å². The van der Waals surface area contributed by atoms with Gasteiger partial charge in [0.1, 0.15) is 0 Å². The first kappa shape index (κ1) is 33.6. The molecule has 1 heterocycles. The molecule has 1 aromatic heterocycles. The molecule has 11 aromatic rings. The van der Waals surface area contributed by atoms with Crippen LogP contribution in [0.25, 0.3) is 82.4 Å². The lowest BCUT2D eigenvalue weighted by Crippen LogP contribution is -2.10. The number of anilines is 3. The smallest absolute Gasteiger partial charge is 0.0541 e. The summed E-state index contributed by atoms with van der Waals surface area (Å²) in [5.74, 6) is 0. The van der Waals surface area contributed by atoms with Gasteiger partial charge in [0.05, 0.1) is 16.7 Å². The summed E-state index contributed by atoms with van der Waals surface area (Å²) in [5.41, 5.74) is 14.2. The number of rotatable bonds is 7. The molecular formula is C56H38N2. The third kappa shape index (κ3) is 5.57. The summed E-state index contributed by atoms with van der Waals surface area (Å²) in [7, 11) is 0. The second-order valence-electron chi connectivity index (χ2n) is 14.9. The Kier molecular flexibility index (Phi) is 8.19. The van der Waals surface area contributed by atoms with Crippen LogP contribution in [0.15, 0.2) is 231 Å². The van der Waals surface area contributed by atoms with Gasteiger partial charge in [-0.2, -0.15) is 0 Å². The number of para-hydroxylation sites is 4. The summed E-state index contributed by atoms with van der Waals surface area (Å²) in [6.45, 7) is 0. The predicted molar refractivity (Wildman–Crippen MR) is 247 cm³/mol. The third-order valence-corrected chi connectivity index (χ3v) is 11.6. The zero-order valence-electron chi connectivity index (χ0n) is 31.8. The molecule has 0 aliphatic rings. The molecule has 58 heavy (non-hydrogen) atoms. The molecule has 11 rings (SSSR count). The Morgan fingerprint density at radius 2 is 0.724 bits per heavy atom. The highest BCUT2D eigenvalue weighted by atomic mass is 15.1. The van der Waals surface area contributed by atoms with E-state index in [0.29, 0.717) is 0 Å². The van der Waals surface area contributed by atoms with E-state index < -0.39 is 0 Å². The van der Waals surface area contributed by atoms with Gasteiger partial charge in [0.25, 0.3) is 0 Å². The van der Waals surface area contributed by atoms with Crippen LogP contribution in [0.1, 0.15) is 0 Å². The molecule has 0 spiro atoms. The standard InChI is InChI=1S/C56H38N2/c1-4-18-39(19-5-1)55-47-26-10-12-28-49(47)56(50-29-13-11-27-48(50)55)40-32-35-44(36-33-40)58-53-31-17-15-25-46(53)51-38-41(34-37-54(51)58)45-24-14-16-30-52(45)57(42-20-6-2-7-21-42)43-22-8-3-9-23-43/h1-38H. The molecule has 0 N–H and O–H groups in total. The SMILES string of the molecule is c1ccc(-c2c3ccccc3c(-c3ccc(-n4c5ccccc5c5cc(-c6ccccc6N(c6ccccc6)c6ccccc6)ccc54)cc3)c3ccccc23)cc1. The van der Waals surface area contributed by atoms with Gasteiger partial charge in [-0.1, -0.05) is 170 Å². The van der Waals surface area contributed by atoms with E-state index in [1.165, 1.54) is 76.7 Å². The lowest BCUT2D eigenvalue weighted by molar-refractivity contribution is 1.18. The van der Waals surface area contributed by atoms with Gasteiger partial charge in [-0.25, -0.2) is 0 Å². The maximum Gasteiger partial charge on any atom is 0.0541 e. The first-order valence-electron chi connectivity index (χ1n) is 19.9. The van der Waals surface area contributed by atoms with Gasteiger partial charge in [-0.15, -0.1) is 0 Å². The van der Waals surface area contributed by atoms with E-state index in [1.807, 2.05) is 0 Å². The average Bonchev–Trinajstić information content (AvgIpc) is 3.63. The van der Waals surface area contributed by atoms with Crippen molar-refractivity contribution in [1.29, 1.82) is 0 Å². The summed E-state index contributed by atoms with van der Waals surface area (Å²) in [6.07, 6.45) is 0. The van der Waals surface area contributed by atoms with E-state index in [-0.39, 0.29) is 0 Å². The molecule has 272 valence electrons. The summed E-state index contributed by atoms with van der Waals surface area (Å²) in [4.78, 5) is 2.35. The minimum atomic E-state index is 1.12. The van der Waals surface area contributed by atoms with Crippen molar-refractivity contribution < 1.29 is 0 Å². The highest BCUT2D eigenvalue weighted by Crippen LogP contribution is 2.45. The van der Waals surface area contributed by atoms with Crippen LogP contribution in [0.2, 0.25) is 0 Å². The van der Waals surface area contributed by atoms with Crippen LogP contribution in [0.4, 0.5) is 17.1 Å². The Bertz CT molecular complexity index is 3160. The van der Waals surface area contributed by atoms with Gasteiger partial charge in [0.15, 0.2) is 0 Å². The van der Waals surface area contributed by atoms with Crippen LogP contribution >= 0.6 is 0 Å². The first-order chi connectivity index (χ1) is 28.8.